The summed E-state index contributed by atoms with van der Waals surface area (Å²) in [5.74, 6) is 1.43. The molecule has 1 aliphatic heterocycles. The van der Waals surface area contributed by atoms with Gasteiger partial charge in [-0.15, -0.1) is 0 Å². The first-order valence-corrected chi connectivity index (χ1v) is 10.8. The summed E-state index contributed by atoms with van der Waals surface area (Å²) in [6, 6.07) is -0.530. The van der Waals surface area contributed by atoms with Crippen molar-refractivity contribution < 1.29 is 32.7 Å². The van der Waals surface area contributed by atoms with Crippen molar-refractivity contribution in [2.75, 3.05) is 45.5 Å². The predicted molar refractivity (Wildman–Crippen MR) is 88.4 cm³/mol. The van der Waals surface area contributed by atoms with Gasteiger partial charge in [0.05, 0.1) is 25.9 Å². The van der Waals surface area contributed by atoms with E-state index in [1.807, 2.05) is 0 Å². The fourth-order valence-electron chi connectivity index (χ4n) is 1.79. The van der Waals surface area contributed by atoms with Crippen molar-refractivity contribution in [1.29, 1.82) is 0 Å². The van der Waals surface area contributed by atoms with Crippen LogP contribution in [-0.2, 0) is 27.8 Å². The Bertz CT molecular complexity index is 352. The van der Waals surface area contributed by atoms with Gasteiger partial charge in [0.15, 0.2) is 0 Å². The monoisotopic (exact) mass is 372 g/mol. The second-order valence-corrected chi connectivity index (χ2v) is 8.59. The smallest absolute Gasteiger partial charge is 0.384 e. The van der Waals surface area contributed by atoms with Crippen LogP contribution in [0.2, 0.25) is 0 Å². The number of phosphoric ester groups is 1. The van der Waals surface area contributed by atoms with Crippen LogP contribution >= 0.6 is 29.4 Å². The summed E-state index contributed by atoms with van der Waals surface area (Å²) in [7, 11) is 7.84. The van der Waals surface area contributed by atoms with Gasteiger partial charge in [-0.25, -0.2) is 4.57 Å². The van der Waals surface area contributed by atoms with Crippen LogP contribution in [0.25, 0.3) is 0 Å². The molecule has 0 aromatic rings. The van der Waals surface area contributed by atoms with Gasteiger partial charge in [-0.1, -0.05) is 21.6 Å². The molecule has 4 unspecified atom stereocenters. The van der Waals surface area contributed by atoms with Crippen molar-refractivity contribution >= 4 is 37.3 Å². The SMILES string of the molecule is [B]C1CC(OP(=O)(O)OCCSSCCOC)C(COC)O1. The van der Waals surface area contributed by atoms with Gasteiger partial charge in [0, 0.05) is 31.7 Å². The summed E-state index contributed by atoms with van der Waals surface area (Å²) in [6.07, 6.45) is -0.763. The van der Waals surface area contributed by atoms with Crippen LogP contribution in [0.15, 0.2) is 0 Å². The second-order valence-electron chi connectivity index (χ2n) is 4.49. The zero-order valence-corrected chi connectivity index (χ0v) is 15.2. The molecule has 0 aromatic heterocycles. The third-order valence-electron chi connectivity index (χ3n) is 2.70. The molecule has 1 fully saturated rings. The highest BCUT2D eigenvalue weighted by atomic mass is 33.1. The maximum atomic E-state index is 11.9. The molecule has 0 aromatic carbocycles. The molecule has 4 atom stereocenters. The van der Waals surface area contributed by atoms with Crippen molar-refractivity contribution in [2.24, 2.45) is 0 Å². The standard InChI is InChI=1S/C11H22BO7PS2/c1-15-3-5-21-22-6-4-17-20(13,14)19-9-7-11(12)18-10(9)8-16-2/h9-11H,3-8H2,1-2H3,(H,13,14). The van der Waals surface area contributed by atoms with E-state index in [1.165, 1.54) is 7.11 Å². The number of ether oxygens (including phenoxy) is 3. The minimum Gasteiger partial charge on any atom is -0.384 e. The van der Waals surface area contributed by atoms with Crippen LogP contribution in [0, 0.1) is 0 Å². The Balaban J connectivity index is 2.23. The average molecular weight is 372 g/mol. The quantitative estimate of drug-likeness (QED) is 0.237. The highest BCUT2D eigenvalue weighted by Gasteiger charge is 2.38. The fraction of sp³-hybridized carbons (Fsp3) is 1.00. The third-order valence-corrected chi connectivity index (χ3v) is 6.08. The molecule has 1 aliphatic rings. The average Bonchev–Trinajstić information content (AvgIpc) is 2.77. The normalized spacial score (nSPS) is 27.9. The molecule has 0 aliphatic carbocycles. The minimum absolute atomic E-state index is 0.118. The van der Waals surface area contributed by atoms with Gasteiger partial charge >= 0.3 is 7.82 Å². The highest BCUT2D eigenvalue weighted by Crippen LogP contribution is 2.47. The zero-order valence-electron chi connectivity index (χ0n) is 12.7. The number of phosphoric acid groups is 1. The largest absolute Gasteiger partial charge is 0.472 e. The molecule has 2 radical (unpaired) electrons. The van der Waals surface area contributed by atoms with Crippen LogP contribution in [-0.4, -0.2) is 76.5 Å². The molecule has 7 nitrogen and oxygen atoms in total. The Hall–Kier alpha value is 0.755. The minimum atomic E-state index is -4.13. The van der Waals surface area contributed by atoms with Crippen molar-refractivity contribution in [2.45, 2.75) is 24.6 Å². The summed E-state index contributed by atoms with van der Waals surface area (Å²) in [4.78, 5) is 9.73. The molecular weight excluding hydrogens is 350 g/mol. The van der Waals surface area contributed by atoms with Gasteiger partial charge in [0.1, 0.15) is 14.0 Å². The number of hydrogen-bond donors (Lipinski definition) is 1. The first kappa shape index (κ1) is 20.8. The predicted octanol–water partition coefficient (Wildman–Crippen LogP) is 1.45. The topological polar surface area (TPSA) is 83.5 Å². The van der Waals surface area contributed by atoms with Gasteiger partial charge in [0.2, 0.25) is 0 Å². The Morgan fingerprint density at radius 2 is 1.95 bits per heavy atom. The van der Waals surface area contributed by atoms with E-state index in [2.05, 4.69) is 0 Å². The van der Waals surface area contributed by atoms with Gasteiger partial charge in [-0.05, 0) is 6.42 Å². The molecular formula is C11H22BO7PS2. The van der Waals surface area contributed by atoms with Crippen LogP contribution in [0.3, 0.4) is 0 Å². The summed E-state index contributed by atoms with van der Waals surface area (Å²) in [6.45, 7) is 1.03. The fourth-order valence-corrected chi connectivity index (χ4v) is 4.60. The van der Waals surface area contributed by atoms with Gasteiger partial charge in [-0.3, -0.25) is 9.05 Å². The molecule has 0 amide bonds. The molecule has 0 saturated carbocycles. The van der Waals surface area contributed by atoms with Crippen LogP contribution in [0.1, 0.15) is 6.42 Å². The molecule has 0 bridgehead atoms. The van der Waals surface area contributed by atoms with Gasteiger partial charge in [0.25, 0.3) is 0 Å². The van der Waals surface area contributed by atoms with Crippen molar-refractivity contribution in [3.05, 3.63) is 0 Å². The first-order chi connectivity index (χ1) is 10.5. The highest BCUT2D eigenvalue weighted by molar-refractivity contribution is 8.76. The molecule has 0 spiro atoms. The molecule has 1 heterocycles. The Labute approximate surface area is 140 Å². The van der Waals surface area contributed by atoms with E-state index in [0.717, 1.165) is 5.75 Å². The molecule has 11 heteroatoms. The number of rotatable bonds is 12. The summed E-state index contributed by atoms with van der Waals surface area (Å²) >= 11 is 0. The lowest BCUT2D eigenvalue weighted by atomic mass is 9.96. The van der Waals surface area contributed by atoms with Crippen LogP contribution in [0.5, 0.6) is 0 Å². The van der Waals surface area contributed by atoms with E-state index in [9.17, 15) is 9.46 Å². The second kappa shape index (κ2) is 11.3. The maximum absolute atomic E-state index is 11.9. The molecule has 22 heavy (non-hydrogen) atoms. The lowest BCUT2D eigenvalue weighted by molar-refractivity contribution is -0.0193. The lowest BCUT2D eigenvalue weighted by Gasteiger charge is -2.20. The first-order valence-electron chi connectivity index (χ1n) is 6.77. The molecule has 1 saturated heterocycles. The van der Waals surface area contributed by atoms with Gasteiger partial charge < -0.3 is 19.1 Å². The van der Waals surface area contributed by atoms with E-state index in [1.54, 1.807) is 28.7 Å². The van der Waals surface area contributed by atoms with E-state index in [4.69, 9.17) is 31.1 Å². The van der Waals surface area contributed by atoms with Gasteiger partial charge in [-0.2, -0.15) is 0 Å². The van der Waals surface area contributed by atoms with Crippen molar-refractivity contribution in [1.82, 2.24) is 0 Å². The van der Waals surface area contributed by atoms with E-state index < -0.39 is 26.0 Å². The molecule has 128 valence electrons. The van der Waals surface area contributed by atoms with Crippen molar-refractivity contribution in [3.8, 4) is 0 Å². The zero-order chi connectivity index (χ0) is 16.4. The maximum Gasteiger partial charge on any atom is 0.472 e. The number of methoxy groups -OCH3 is 2. The third kappa shape index (κ3) is 8.56. The van der Waals surface area contributed by atoms with Crippen LogP contribution in [0.4, 0.5) is 0 Å². The number of hydrogen-bond acceptors (Lipinski definition) is 8. The van der Waals surface area contributed by atoms with E-state index >= 15 is 0 Å². The lowest BCUT2D eigenvalue weighted by Crippen LogP contribution is -2.28. The summed E-state index contributed by atoms with van der Waals surface area (Å²) in [5.41, 5.74) is 0. The van der Waals surface area contributed by atoms with E-state index in [0.29, 0.717) is 18.8 Å². The van der Waals surface area contributed by atoms with Crippen molar-refractivity contribution in [3.63, 3.8) is 0 Å². The molecule has 1 N–H and O–H groups in total. The Morgan fingerprint density at radius 1 is 1.27 bits per heavy atom. The van der Waals surface area contributed by atoms with Crippen LogP contribution < -0.4 is 0 Å². The summed E-state index contributed by atoms with van der Waals surface area (Å²) in [5, 5.41) is 0. The molecule has 1 rings (SSSR count). The Morgan fingerprint density at radius 3 is 2.59 bits per heavy atom. The van der Waals surface area contributed by atoms with E-state index in [-0.39, 0.29) is 13.2 Å². The Kier molecular flexibility index (Phi) is 10.7. The summed E-state index contributed by atoms with van der Waals surface area (Å²) < 4.78 is 37.2.